The smallest absolute Gasteiger partial charge is 0.262 e. The molecule has 2 aliphatic heterocycles. The van der Waals surface area contributed by atoms with Gasteiger partial charge in [0.1, 0.15) is 23.4 Å². The van der Waals surface area contributed by atoms with Gasteiger partial charge in [-0.05, 0) is 62.6 Å². The van der Waals surface area contributed by atoms with Gasteiger partial charge in [0.05, 0.1) is 6.61 Å². The molecule has 1 atom stereocenters. The number of aromatic nitrogens is 5. The highest BCUT2D eigenvalue weighted by Crippen LogP contribution is 2.28. The Balaban J connectivity index is 1.52. The summed E-state index contributed by atoms with van der Waals surface area (Å²) < 4.78 is 7.98. The fourth-order valence-electron chi connectivity index (χ4n) is 4.19. The molecule has 1 N–H and O–H groups in total. The van der Waals surface area contributed by atoms with E-state index in [1.165, 1.54) is 5.57 Å². The van der Waals surface area contributed by atoms with Crippen molar-refractivity contribution in [3.8, 4) is 17.4 Å². The lowest BCUT2D eigenvalue weighted by molar-refractivity contribution is 0.102. The van der Waals surface area contributed by atoms with Crippen molar-refractivity contribution in [3.63, 3.8) is 0 Å². The van der Waals surface area contributed by atoms with Crippen LogP contribution in [0.1, 0.15) is 48.1 Å². The number of hydrogen-bond acceptors (Lipinski definition) is 7. The van der Waals surface area contributed by atoms with Crippen molar-refractivity contribution in [1.29, 1.82) is 0 Å². The number of carbonyl (C=O) groups excluding carboxylic acids is 1. The predicted octanol–water partition coefficient (Wildman–Crippen LogP) is 3.44. The summed E-state index contributed by atoms with van der Waals surface area (Å²) in [5, 5.41) is 11.2. The third-order valence-electron chi connectivity index (χ3n) is 6.15. The second-order valence-electron chi connectivity index (χ2n) is 8.58. The van der Waals surface area contributed by atoms with E-state index < -0.39 is 0 Å². The first-order chi connectivity index (χ1) is 16.1. The number of hydrogen-bond donors (Lipinski definition) is 1. The summed E-state index contributed by atoms with van der Waals surface area (Å²) >= 11 is 0. The highest BCUT2D eigenvalue weighted by atomic mass is 16.5. The monoisotopic (exact) mass is 445 g/mol. The number of nitrogens with zero attached hydrogens (tertiary/aromatic N) is 6. The summed E-state index contributed by atoms with van der Waals surface area (Å²) in [4.78, 5) is 24.7. The number of anilines is 1. The van der Waals surface area contributed by atoms with Gasteiger partial charge in [0.15, 0.2) is 5.82 Å². The third-order valence-corrected chi connectivity index (χ3v) is 6.15. The minimum Gasteiger partial charge on any atom is -0.477 e. The Bertz CT molecular complexity index is 1200. The van der Waals surface area contributed by atoms with Crippen molar-refractivity contribution in [2.75, 3.05) is 32.1 Å². The van der Waals surface area contributed by atoms with E-state index in [1.807, 2.05) is 22.8 Å². The Kier molecular flexibility index (Phi) is 5.87. The van der Waals surface area contributed by atoms with Crippen molar-refractivity contribution in [2.24, 2.45) is 0 Å². The standard InChI is InChI=1S/C24H27N7O2/c1-16-5-4-12-33-24-19(13-18(14-25-24)17-8-10-30(2)11-9-17)23(32)28-21-7-3-6-20(27-21)22-29-26-15-31(16)22/h3,6-8,13-16H,4-5,9-12H2,1-2H3,(H,27,28,32)/t16-/m0/s1. The van der Waals surface area contributed by atoms with Crippen LogP contribution in [0.2, 0.25) is 0 Å². The maximum absolute atomic E-state index is 13.3. The molecule has 33 heavy (non-hydrogen) atoms. The van der Waals surface area contributed by atoms with Gasteiger partial charge in [-0.1, -0.05) is 12.1 Å². The highest BCUT2D eigenvalue weighted by Gasteiger charge is 2.21. The molecule has 0 radical (unpaired) electrons. The van der Waals surface area contributed by atoms with Crippen molar-refractivity contribution < 1.29 is 9.53 Å². The number of rotatable bonds is 1. The molecule has 0 saturated heterocycles. The SMILES string of the molecule is C[C@H]1CCCOc2ncc(C3=CCN(C)CC3)cc2C(=O)Nc2cccc(n2)-c2nncn21. The molecule has 0 fully saturated rings. The first-order valence-corrected chi connectivity index (χ1v) is 11.3. The molecule has 0 aromatic carbocycles. The first-order valence-electron chi connectivity index (χ1n) is 11.3. The van der Waals surface area contributed by atoms with E-state index in [4.69, 9.17) is 4.74 Å². The summed E-state index contributed by atoms with van der Waals surface area (Å²) in [6.45, 7) is 4.45. The van der Waals surface area contributed by atoms with Crippen LogP contribution in [0, 0.1) is 0 Å². The van der Waals surface area contributed by atoms with Gasteiger partial charge in [0, 0.05) is 25.3 Å². The molecule has 170 valence electrons. The quantitative estimate of drug-likeness (QED) is 0.613. The summed E-state index contributed by atoms with van der Waals surface area (Å²) in [5.74, 6) is 1.15. The van der Waals surface area contributed by atoms with E-state index in [0.717, 1.165) is 37.9 Å². The number of carbonyl (C=O) groups is 1. The lowest BCUT2D eigenvalue weighted by Crippen LogP contribution is -2.24. The van der Waals surface area contributed by atoms with E-state index in [2.05, 4.69) is 50.4 Å². The van der Waals surface area contributed by atoms with E-state index in [1.54, 1.807) is 18.6 Å². The second kappa shape index (κ2) is 9.11. The van der Waals surface area contributed by atoms with Gasteiger partial charge in [-0.3, -0.25) is 4.79 Å². The molecule has 0 spiro atoms. The average Bonchev–Trinajstić information content (AvgIpc) is 3.32. The molecule has 0 unspecified atom stereocenters. The summed E-state index contributed by atoms with van der Waals surface area (Å²) in [6, 6.07) is 7.53. The molecule has 1 amide bonds. The fraction of sp³-hybridized carbons (Fsp3) is 0.375. The number of fused-ring (bicyclic) bond motifs is 5. The Morgan fingerprint density at radius 3 is 3.03 bits per heavy atom. The first kappa shape index (κ1) is 21.3. The number of nitrogens with one attached hydrogen (secondary N) is 1. The zero-order chi connectivity index (χ0) is 22.8. The molecular weight excluding hydrogens is 418 g/mol. The Morgan fingerprint density at radius 1 is 1.27 bits per heavy atom. The van der Waals surface area contributed by atoms with Crippen LogP contribution in [0.5, 0.6) is 5.88 Å². The fourth-order valence-corrected chi connectivity index (χ4v) is 4.19. The zero-order valence-corrected chi connectivity index (χ0v) is 18.9. The van der Waals surface area contributed by atoms with Crippen LogP contribution >= 0.6 is 0 Å². The molecular formula is C24H27N7O2. The highest BCUT2D eigenvalue weighted by molar-refractivity contribution is 6.06. The van der Waals surface area contributed by atoms with Gasteiger partial charge in [-0.2, -0.15) is 0 Å². The maximum Gasteiger partial charge on any atom is 0.262 e. The summed E-state index contributed by atoms with van der Waals surface area (Å²) in [5.41, 5.74) is 3.22. The van der Waals surface area contributed by atoms with Gasteiger partial charge in [0.2, 0.25) is 5.88 Å². The molecule has 2 aliphatic rings. The average molecular weight is 446 g/mol. The molecule has 9 heteroatoms. The molecule has 5 heterocycles. The third kappa shape index (κ3) is 4.49. The second-order valence-corrected chi connectivity index (χ2v) is 8.58. The number of ether oxygens (including phenoxy) is 1. The number of amides is 1. The van der Waals surface area contributed by atoms with Crippen LogP contribution < -0.4 is 10.1 Å². The molecule has 9 nitrogen and oxygen atoms in total. The van der Waals surface area contributed by atoms with Crippen molar-refractivity contribution in [1.82, 2.24) is 29.6 Å². The van der Waals surface area contributed by atoms with Crippen molar-refractivity contribution >= 4 is 17.3 Å². The normalized spacial score (nSPS) is 19.4. The number of pyridine rings is 2. The van der Waals surface area contributed by atoms with E-state index in [-0.39, 0.29) is 11.9 Å². The minimum atomic E-state index is -0.301. The summed E-state index contributed by atoms with van der Waals surface area (Å²) in [6.07, 6.45) is 8.30. The van der Waals surface area contributed by atoms with Crippen LogP contribution in [-0.2, 0) is 0 Å². The zero-order valence-electron chi connectivity index (χ0n) is 18.9. The van der Waals surface area contributed by atoms with Gasteiger partial charge in [-0.15, -0.1) is 10.2 Å². The Labute approximate surface area is 192 Å². The van der Waals surface area contributed by atoms with Gasteiger partial charge in [0.25, 0.3) is 5.91 Å². The van der Waals surface area contributed by atoms with Crippen LogP contribution in [0.25, 0.3) is 17.1 Å². The topological polar surface area (TPSA) is 98.1 Å². The molecule has 2 bridgehead atoms. The molecule has 3 aromatic heterocycles. The maximum atomic E-state index is 13.3. The van der Waals surface area contributed by atoms with Crippen LogP contribution in [0.15, 0.2) is 42.9 Å². The van der Waals surface area contributed by atoms with Crippen LogP contribution in [0.4, 0.5) is 5.82 Å². The van der Waals surface area contributed by atoms with E-state index in [9.17, 15) is 4.79 Å². The predicted molar refractivity (Wildman–Crippen MR) is 125 cm³/mol. The van der Waals surface area contributed by atoms with E-state index in [0.29, 0.717) is 35.4 Å². The van der Waals surface area contributed by atoms with Gasteiger partial charge in [-0.25, -0.2) is 9.97 Å². The largest absolute Gasteiger partial charge is 0.477 e. The van der Waals surface area contributed by atoms with Crippen molar-refractivity contribution in [3.05, 3.63) is 54.0 Å². The van der Waals surface area contributed by atoms with Crippen LogP contribution in [-0.4, -0.2) is 62.3 Å². The number of likely N-dealkylation sites (N-methyl/N-ethyl adjacent to an activating group) is 1. The van der Waals surface area contributed by atoms with Crippen LogP contribution in [0.3, 0.4) is 0 Å². The molecule has 3 aromatic rings. The molecule has 0 aliphatic carbocycles. The Hall–Kier alpha value is -3.59. The van der Waals surface area contributed by atoms with Crippen molar-refractivity contribution in [2.45, 2.75) is 32.2 Å². The lowest BCUT2D eigenvalue weighted by atomic mass is 9.99. The lowest BCUT2D eigenvalue weighted by Gasteiger charge is -2.22. The minimum absolute atomic E-state index is 0.174. The molecule has 0 saturated carbocycles. The van der Waals surface area contributed by atoms with Gasteiger partial charge < -0.3 is 19.5 Å². The Morgan fingerprint density at radius 2 is 2.18 bits per heavy atom. The molecule has 5 rings (SSSR count). The summed E-state index contributed by atoms with van der Waals surface area (Å²) in [7, 11) is 2.10. The van der Waals surface area contributed by atoms with Gasteiger partial charge >= 0.3 is 0 Å². The van der Waals surface area contributed by atoms with E-state index >= 15 is 0 Å².